The molecule has 0 atom stereocenters. The molecule has 0 radical (unpaired) electrons. The van der Waals surface area contributed by atoms with Gasteiger partial charge in [0.15, 0.2) is 11.5 Å². The van der Waals surface area contributed by atoms with Gasteiger partial charge in [-0.2, -0.15) is 0 Å². The quantitative estimate of drug-likeness (QED) is 0.767. The van der Waals surface area contributed by atoms with Crippen molar-refractivity contribution in [2.24, 2.45) is 0 Å². The van der Waals surface area contributed by atoms with Gasteiger partial charge in [0.25, 0.3) is 0 Å². The number of ether oxygens (including phenoxy) is 2. The van der Waals surface area contributed by atoms with Crippen LogP contribution in [0.5, 0.6) is 11.5 Å². The van der Waals surface area contributed by atoms with Crippen LogP contribution in [0.4, 0.5) is 0 Å². The summed E-state index contributed by atoms with van der Waals surface area (Å²) >= 11 is 0. The van der Waals surface area contributed by atoms with Crippen molar-refractivity contribution < 1.29 is 17.9 Å². The predicted molar refractivity (Wildman–Crippen MR) is 58.3 cm³/mol. The lowest BCUT2D eigenvalue weighted by Crippen LogP contribution is -2.23. The fourth-order valence-corrected chi connectivity index (χ4v) is 2.31. The van der Waals surface area contributed by atoms with Crippen LogP contribution >= 0.6 is 0 Å². The minimum absolute atomic E-state index is 0.210. The van der Waals surface area contributed by atoms with Crippen molar-refractivity contribution in [3.63, 3.8) is 0 Å². The third kappa shape index (κ3) is 1.85. The largest absolute Gasteiger partial charge is 0.486 e. The SMILES string of the molecule is CN(C)S(=O)(=O)c1ccc2c(c1)OCCO2. The van der Waals surface area contributed by atoms with Crippen LogP contribution in [-0.2, 0) is 10.0 Å². The van der Waals surface area contributed by atoms with Crippen LogP contribution in [0.25, 0.3) is 0 Å². The van der Waals surface area contributed by atoms with Gasteiger partial charge in [-0.05, 0) is 12.1 Å². The van der Waals surface area contributed by atoms with Crippen molar-refractivity contribution in [3.05, 3.63) is 18.2 Å². The molecule has 1 aromatic carbocycles. The molecule has 1 aliphatic rings. The molecule has 0 saturated carbocycles. The Labute approximate surface area is 94.6 Å². The molecule has 0 unspecified atom stereocenters. The molecule has 0 amide bonds. The van der Waals surface area contributed by atoms with Crippen LogP contribution in [0.3, 0.4) is 0 Å². The maximum Gasteiger partial charge on any atom is 0.242 e. The van der Waals surface area contributed by atoms with Crippen LogP contribution in [-0.4, -0.2) is 40.0 Å². The Morgan fingerprint density at radius 3 is 2.38 bits per heavy atom. The predicted octanol–water partition coefficient (Wildman–Crippen LogP) is 0.708. The van der Waals surface area contributed by atoms with Crippen molar-refractivity contribution in [1.29, 1.82) is 0 Å². The number of rotatable bonds is 2. The summed E-state index contributed by atoms with van der Waals surface area (Å²) in [5.74, 6) is 1.07. The molecule has 88 valence electrons. The summed E-state index contributed by atoms with van der Waals surface area (Å²) in [5.41, 5.74) is 0. The summed E-state index contributed by atoms with van der Waals surface area (Å²) in [4.78, 5) is 0.210. The van der Waals surface area contributed by atoms with E-state index in [1.165, 1.54) is 30.5 Å². The highest BCUT2D eigenvalue weighted by molar-refractivity contribution is 7.89. The van der Waals surface area contributed by atoms with E-state index in [2.05, 4.69) is 0 Å². The first-order valence-electron chi connectivity index (χ1n) is 4.84. The van der Waals surface area contributed by atoms with E-state index in [1.54, 1.807) is 6.07 Å². The second-order valence-electron chi connectivity index (χ2n) is 3.59. The lowest BCUT2D eigenvalue weighted by Gasteiger charge is -2.19. The zero-order chi connectivity index (χ0) is 11.8. The van der Waals surface area contributed by atoms with Crippen molar-refractivity contribution in [1.82, 2.24) is 4.31 Å². The third-order valence-corrected chi connectivity index (χ3v) is 4.10. The van der Waals surface area contributed by atoms with Gasteiger partial charge >= 0.3 is 0 Å². The lowest BCUT2D eigenvalue weighted by atomic mass is 10.3. The van der Waals surface area contributed by atoms with E-state index in [0.29, 0.717) is 24.7 Å². The molecule has 1 aromatic rings. The summed E-state index contributed by atoms with van der Waals surface area (Å²) < 4.78 is 35.5. The highest BCUT2D eigenvalue weighted by Gasteiger charge is 2.20. The van der Waals surface area contributed by atoms with E-state index in [0.717, 1.165) is 0 Å². The molecule has 16 heavy (non-hydrogen) atoms. The number of benzene rings is 1. The Balaban J connectivity index is 2.45. The van der Waals surface area contributed by atoms with Crippen molar-refractivity contribution in [2.45, 2.75) is 4.90 Å². The fraction of sp³-hybridized carbons (Fsp3) is 0.400. The van der Waals surface area contributed by atoms with E-state index >= 15 is 0 Å². The zero-order valence-electron chi connectivity index (χ0n) is 9.13. The molecule has 5 nitrogen and oxygen atoms in total. The zero-order valence-corrected chi connectivity index (χ0v) is 9.95. The van der Waals surface area contributed by atoms with Crippen LogP contribution in [0.1, 0.15) is 0 Å². The van der Waals surface area contributed by atoms with Gasteiger partial charge in [-0.1, -0.05) is 0 Å². The van der Waals surface area contributed by atoms with E-state index in [-0.39, 0.29) is 4.90 Å². The van der Waals surface area contributed by atoms with E-state index < -0.39 is 10.0 Å². The summed E-state index contributed by atoms with van der Waals surface area (Å²) in [6.07, 6.45) is 0. The van der Waals surface area contributed by atoms with Gasteiger partial charge in [-0.3, -0.25) is 0 Å². The van der Waals surface area contributed by atoms with Gasteiger partial charge in [-0.25, -0.2) is 12.7 Å². The summed E-state index contributed by atoms with van der Waals surface area (Å²) in [5, 5.41) is 0. The van der Waals surface area contributed by atoms with E-state index in [4.69, 9.17) is 9.47 Å². The van der Waals surface area contributed by atoms with E-state index in [9.17, 15) is 8.42 Å². The van der Waals surface area contributed by atoms with Crippen molar-refractivity contribution in [2.75, 3.05) is 27.3 Å². The van der Waals surface area contributed by atoms with Crippen LogP contribution in [0.15, 0.2) is 23.1 Å². The van der Waals surface area contributed by atoms with E-state index in [1.807, 2.05) is 0 Å². The number of sulfonamides is 1. The normalized spacial score (nSPS) is 15.2. The Morgan fingerprint density at radius 1 is 1.12 bits per heavy atom. The average Bonchev–Trinajstić information content (AvgIpc) is 2.28. The molecule has 6 heteroatoms. The van der Waals surface area contributed by atoms with Gasteiger partial charge < -0.3 is 9.47 Å². The smallest absolute Gasteiger partial charge is 0.242 e. The van der Waals surface area contributed by atoms with Gasteiger partial charge in [0.05, 0.1) is 4.90 Å². The highest BCUT2D eigenvalue weighted by Crippen LogP contribution is 2.32. The molecular weight excluding hydrogens is 230 g/mol. The number of hydrogen-bond donors (Lipinski definition) is 0. The molecule has 0 N–H and O–H groups in total. The molecule has 0 saturated heterocycles. The van der Waals surface area contributed by atoms with Gasteiger partial charge in [0.2, 0.25) is 10.0 Å². The Morgan fingerprint density at radius 2 is 1.75 bits per heavy atom. The van der Waals surface area contributed by atoms with Gasteiger partial charge in [0.1, 0.15) is 13.2 Å². The Kier molecular flexibility index (Phi) is 2.77. The second kappa shape index (κ2) is 3.95. The Bertz CT molecular complexity index is 496. The van der Waals surface area contributed by atoms with Gasteiger partial charge in [0, 0.05) is 20.2 Å². The molecular formula is C10H13NO4S. The first kappa shape index (κ1) is 11.2. The average molecular weight is 243 g/mol. The van der Waals surface area contributed by atoms with Gasteiger partial charge in [-0.15, -0.1) is 0 Å². The highest BCUT2D eigenvalue weighted by atomic mass is 32.2. The second-order valence-corrected chi connectivity index (χ2v) is 5.74. The minimum atomic E-state index is -3.41. The Hall–Kier alpha value is -1.27. The first-order valence-corrected chi connectivity index (χ1v) is 6.28. The molecule has 1 aliphatic heterocycles. The summed E-state index contributed by atoms with van der Waals surface area (Å²) in [6.45, 7) is 0.936. The molecule has 2 rings (SSSR count). The first-order chi connectivity index (χ1) is 7.51. The third-order valence-electron chi connectivity index (χ3n) is 2.29. The molecule has 0 aromatic heterocycles. The minimum Gasteiger partial charge on any atom is -0.486 e. The van der Waals surface area contributed by atoms with Crippen LogP contribution in [0, 0.1) is 0 Å². The van der Waals surface area contributed by atoms with Crippen LogP contribution in [0.2, 0.25) is 0 Å². The fourth-order valence-electron chi connectivity index (χ4n) is 1.39. The number of hydrogen-bond acceptors (Lipinski definition) is 4. The summed E-state index contributed by atoms with van der Waals surface area (Å²) in [7, 11) is -0.428. The maximum absolute atomic E-state index is 11.8. The lowest BCUT2D eigenvalue weighted by molar-refractivity contribution is 0.171. The summed E-state index contributed by atoms with van der Waals surface area (Å²) in [6, 6.07) is 4.62. The molecule has 0 bridgehead atoms. The standard InChI is InChI=1S/C10H13NO4S/c1-11(2)16(12,13)8-3-4-9-10(7-8)15-6-5-14-9/h3-4,7H,5-6H2,1-2H3. The number of fused-ring (bicyclic) bond motifs is 1. The topological polar surface area (TPSA) is 55.8 Å². The molecule has 0 aliphatic carbocycles. The molecule has 0 spiro atoms. The maximum atomic E-state index is 11.8. The monoisotopic (exact) mass is 243 g/mol. The van der Waals surface area contributed by atoms with Crippen LogP contribution < -0.4 is 9.47 Å². The van der Waals surface area contributed by atoms with Crippen molar-refractivity contribution in [3.8, 4) is 11.5 Å². The molecule has 1 heterocycles. The molecule has 0 fully saturated rings. The van der Waals surface area contributed by atoms with Crippen molar-refractivity contribution >= 4 is 10.0 Å². The number of nitrogens with zero attached hydrogens (tertiary/aromatic N) is 1.